The molecule has 1 heterocycles. The van der Waals surface area contributed by atoms with Crippen LogP contribution in [0.4, 0.5) is 10.5 Å². The number of urea groups is 1. The van der Waals surface area contributed by atoms with E-state index in [-0.39, 0.29) is 11.8 Å². The second-order valence-electron chi connectivity index (χ2n) is 4.91. The highest BCUT2D eigenvalue weighted by Crippen LogP contribution is 2.11. The van der Waals surface area contributed by atoms with Crippen LogP contribution in [0.25, 0.3) is 0 Å². The van der Waals surface area contributed by atoms with Gasteiger partial charge < -0.3 is 10.2 Å². The minimum absolute atomic E-state index is 0.00674. The first-order chi connectivity index (χ1) is 10.6. The summed E-state index contributed by atoms with van der Waals surface area (Å²) in [5.74, 6) is 0.00674. The molecule has 1 aromatic carbocycles. The van der Waals surface area contributed by atoms with Crippen molar-refractivity contribution in [1.82, 2.24) is 14.7 Å². The number of likely N-dealkylation sites (N-methyl/N-ethyl adjacent to an activating group) is 1. The van der Waals surface area contributed by atoms with Crippen LogP contribution in [0.15, 0.2) is 42.7 Å². The summed E-state index contributed by atoms with van der Waals surface area (Å²) in [4.78, 5) is 25.2. The average Bonchev–Trinajstić information content (AvgIpc) is 3.01. The zero-order valence-corrected chi connectivity index (χ0v) is 12.8. The Morgan fingerprint density at radius 1 is 1.27 bits per heavy atom. The Bertz CT molecular complexity index is 620. The number of hydrogen-bond acceptors (Lipinski definition) is 3. The molecule has 0 unspecified atom stereocenters. The molecule has 1 N–H and O–H groups in total. The fourth-order valence-electron chi connectivity index (χ4n) is 2.05. The standard InChI is InChI=1S/C16H20N4O2/c1-3-19(11-12-20-10-4-9-17-20)16(22)18-15-7-5-14(6-8-15)13(2)21/h4-10H,3,11-12H2,1-2H3,(H,18,22). The Balaban J connectivity index is 1.92. The van der Waals surface area contributed by atoms with Crippen LogP contribution in [0, 0.1) is 0 Å². The number of benzene rings is 1. The van der Waals surface area contributed by atoms with E-state index in [4.69, 9.17) is 0 Å². The van der Waals surface area contributed by atoms with Crippen LogP contribution >= 0.6 is 0 Å². The lowest BCUT2D eigenvalue weighted by Crippen LogP contribution is -2.37. The summed E-state index contributed by atoms with van der Waals surface area (Å²) in [5, 5.41) is 6.95. The van der Waals surface area contributed by atoms with Crippen LogP contribution in [-0.2, 0) is 6.54 Å². The third kappa shape index (κ3) is 4.18. The highest BCUT2D eigenvalue weighted by atomic mass is 16.2. The van der Waals surface area contributed by atoms with E-state index in [1.807, 2.05) is 19.2 Å². The molecule has 22 heavy (non-hydrogen) atoms. The zero-order valence-electron chi connectivity index (χ0n) is 12.8. The summed E-state index contributed by atoms with van der Waals surface area (Å²) in [6.45, 7) is 5.29. The molecule has 0 fully saturated rings. The van der Waals surface area contributed by atoms with Crippen molar-refractivity contribution in [1.29, 1.82) is 0 Å². The lowest BCUT2D eigenvalue weighted by atomic mass is 10.1. The van der Waals surface area contributed by atoms with Crippen LogP contribution in [-0.4, -0.2) is 39.6 Å². The molecule has 2 amide bonds. The van der Waals surface area contributed by atoms with Crippen molar-refractivity contribution in [2.45, 2.75) is 20.4 Å². The molecular weight excluding hydrogens is 280 g/mol. The van der Waals surface area contributed by atoms with Gasteiger partial charge in [0.1, 0.15) is 0 Å². The fraction of sp³-hybridized carbons (Fsp3) is 0.312. The first kappa shape index (κ1) is 15.8. The van der Waals surface area contributed by atoms with E-state index in [0.29, 0.717) is 30.9 Å². The van der Waals surface area contributed by atoms with Crippen LogP contribution < -0.4 is 5.32 Å². The molecular formula is C16H20N4O2. The number of Topliss-reactive ketones (excluding diaryl/α,β-unsaturated/α-hetero) is 1. The second-order valence-corrected chi connectivity index (χ2v) is 4.91. The third-order valence-corrected chi connectivity index (χ3v) is 3.37. The molecule has 0 saturated carbocycles. The van der Waals surface area contributed by atoms with Crippen molar-refractivity contribution in [2.24, 2.45) is 0 Å². The number of rotatable bonds is 6. The van der Waals surface area contributed by atoms with E-state index in [0.717, 1.165) is 0 Å². The highest BCUT2D eigenvalue weighted by molar-refractivity contribution is 5.95. The number of ketones is 1. The first-order valence-corrected chi connectivity index (χ1v) is 7.24. The predicted octanol–water partition coefficient (Wildman–Crippen LogP) is 2.64. The molecule has 2 aromatic rings. The third-order valence-electron chi connectivity index (χ3n) is 3.37. The van der Waals surface area contributed by atoms with Gasteiger partial charge in [-0.05, 0) is 44.2 Å². The van der Waals surface area contributed by atoms with Gasteiger partial charge >= 0.3 is 6.03 Å². The molecule has 6 heteroatoms. The van der Waals surface area contributed by atoms with Gasteiger partial charge in [-0.2, -0.15) is 5.10 Å². The molecule has 2 rings (SSSR count). The van der Waals surface area contributed by atoms with Crippen molar-refractivity contribution < 1.29 is 9.59 Å². The van der Waals surface area contributed by atoms with Gasteiger partial charge in [0.25, 0.3) is 0 Å². The van der Waals surface area contributed by atoms with Gasteiger partial charge in [-0.25, -0.2) is 4.79 Å². The predicted molar refractivity (Wildman–Crippen MR) is 84.9 cm³/mol. The Morgan fingerprint density at radius 2 is 2.00 bits per heavy atom. The molecule has 0 bridgehead atoms. The molecule has 0 aliphatic carbocycles. The Hall–Kier alpha value is -2.63. The van der Waals surface area contributed by atoms with Crippen molar-refractivity contribution in [3.63, 3.8) is 0 Å². The number of carbonyl (C=O) groups is 2. The Morgan fingerprint density at radius 3 is 2.55 bits per heavy atom. The van der Waals surface area contributed by atoms with Crippen LogP contribution in [0.2, 0.25) is 0 Å². The summed E-state index contributed by atoms with van der Waals surface area (Å²) < 4.78 is 1.79. The molecule has 0 aliphatic heterocycles. The summed E-state index contributed by atoms with van der Waals surface area (Å²) in [5.41, 5.74) is 1.30. The van der Waals surface area contributed by atoms with Crippen molar-refractivity contribution >= 4 is 17.5 Å². The quantitative estimate of drug-likeness (QED) is 0.834. The smallest absolute Gasteiger partial charge is 0.321 e. The van der Waals surface area contributed by atoms with Crippen molar-refractivity contribution in [3.05, 3.63) is 48.3 Å². The summed E-state index contributed by atoms with van der Waals surface area (Å²) in [6.07, 6.45) is 3.58. The van der Waals surface area contributed by atoms with E-state index in [2.05, 4.69) is 10.4 Å². The van der Waals surface area contributed by atoms with Gasteiger partial charge in [-0.3, -0.25) is 9.48 Å². The van der Waals surface area contributed by atoms with E-state index < -0.39 is 0 Å². The van der Waals surface area contributed by atoms with Gasteiger partial charge in [0.2, 0.25) is 0 Å². The second kappa shape index (κ2) is 7.40. The minimum atomic E-state index is -0.162. The number of anilines is 1. The van der Waals surface area contributed by atoms with Gasteiger partial charge in [0.15, 0.2) is 5.78 Å². The monoisotopic (exact) mass is 300 g/mol. The lowest BCUT2D eigenvalue weighted by molar-refractivity contribution is 0.101. The van der Waals surface area contributed by atoms with Crippen molar-refractivity contribution in [3.8, 4) is 0 Å². The summed E-state index contributed by atoms with van der Waals surface area (Å²) >= 11 is 0. The number of hydrogen-bond donors (Lipinski definition) is 1. The normalized spacial score (nSPS) is 10.3. The molecule has 0 atom stereocenters. The summed E-state index contributed by atoms with van der Waals surface area (Å²) in [6, 6.07) is 8.57. The number of aromatic nitrogens is 2. The van der Waals surface area contributed by atoms with Crippen LogP contribution in [0.1, 0.15) is 24.2 Å². The summed E-state index contributed by atoms with van der Waals surface area (Å²) in [7, 11) is 0. The first-order valence-electron chi connectivity index (χ1n) is 7.24. The Kier molecular flexibility index (Phi) is 5.30. The average molecular weight is 300 g/mol. The Labute approximate surface area is 129 Å². The number of carbonyl (C=O) groups excluding carboxylic acids is 2. The molecule has 0 spiro atoms. The molecule has 6 nitrogen and oxygen atoms in total. The van der Waals surface area contributed by atoms with Gasteiger partial charge in [-0.1, -0.05) is 0 Å². The maximum atomic E-state index is 12.2. The maximum Gasteiger partial charge on any atom is 0.321 e. The zero-order chi connectivity index (χ0) is 15.9. The van der Waals surface area contributed by atoms with E-state index in [9.17, 15) is 9.59 Å². The topological polar surface area (TPSA) is 67.2 Å². The number of nitrogens with zero attached hydrogens (tertiary/aromatic N) is 3. The molecule has 0 radical (unpaired) electrons. The number of nitrogens with one attached hydrogen (secondary N) is 1. The fourth-order valence-corrected chi connectivity index (χ4v) is 2.05. The largest absolute Gasteiger partial charge is 0.323 e. The molecule has 0 saturated heterocycles. The molecule has 116 valence electrons. The molecule has 0 aliphatic rings. The van der Waals surface area contributed by atoms with E-state index >= 15 is 0 Å². The van der Waals surface area contributed by atoms with Gasteiger partial charge in [0.05, 0.1) is 6.54 Å². The molecule has 1 aromatic heterocycles. The van der Waals surface area contributed by atoms with Crippen LogP contribution in [0.3, 0.4) is 0 Å². The van der Waals surface area contributed by atoms with Crippen LogP contribution in [0.5, 0.6) is 0 Å². The van der Waals surface area contributed by atoms with Gasteiger partial charge in [0, 0.05) is 36.7 Å². The van der Waals surface area contributed by atoms with Gasteiger partial charge in [-0.15, -0.1) is 0 Å². The number of amides is 2. The van der Waals surface area contributed by atoms with E-state index in [1.165, 1.54) is 6.92 Å². The maximum absolute atomic E-state index is 12.2. The van der Waals surface area contributed by atoms with E-state index in [1.54, 1.807) is 40.0 Å². The SMILES string of the molecule is CCN(CCn1cccn1)C(=O)Nc1ccc(C(C)=O)cc1. The van der Waals surface area contributed by atoms with Crippen molar-refractivity contribution in [2.75, 3.05) is 18.4 Å². The minimum Gasteiger partial charge on any atom is -0.323 e. The lowest BCUT2D eigenvalue weighted by Gasteiger charge is -2.21. The highest BCUT2D eigenvalue weighted by Gasteiger charge is 2.11.